The Bertz CT molecular complexity index is 405. The van der Waals surface area contributed by atoms with Crippen molar-refractivity contribution in [3.63, 3.8) is 0 Å². The molecule has 1 aliphatic rings. The molecule has 2 atom stereocenters. The molecule has 1 aromatic rings. The van der Waals surface area contributed by atoms with Gasteiger partial charge in [-0.25, -0.2) is 0 Å². The van der Waals surface area contributed by atoms with Crippen LogP contribution < -0.4 is 5.32 Å². The van der Waals surface area contributed by atoms with Gasteiger partial charge in [0.1, 0.15) is 0 Å². The maximum atomic E-state index is 13.0. The van der Waals surface area contributed by atoms with Gasteiger partial charge in [-0.1, -0.05) is 18.2 Å². The van der Waals surface area contributed by atoms with Crippen molar-refractivity contribution in [2.75, 3.05) is 11.5 Å². The van der Waals surface area contributed by atoms with Crippen LogP contribution in [0.5, 0.6) is 0 Å². The second-order valence-electron chi connectivity index (χ2n) is 4.57. The van der Waals surface area contributed by atoms with Crippen molar-refractivity contribution in [3.8, 4) is 0 Å². The van der Waals surface area contributed by atoms with E-state index < -0.39 is 11.7 Å². The van der Waals surface area contributed by atoms with E-state index in [2.05, 4.69) is 5.32 Å². The van der Waals surface area contributed by atoms with E-state index in [4.69, 9.17) is 0 Å². The molecule has 0 aromatic heterocycles. The maximum absolute atomic E-state index is 13.0. The lowest BCUT2D eigenvalue weighted by atomic mass is 10.00. The number of rotatable bonds is 1. The van der Waals surface area contributed by atoms with Crippen LogP contribution in [0, 0.1) is 0 Å². The molecule has 0 aliphatic carbocycles. The Hall–Kier alpha value is -0.680. The van der Waals surface area contributed by atoms with Gasteiger partial charge in [0.15, 0.2) is 0 Å². The molecule has 2 unspecified atom stereocenters. The van der Waals surface area contributed by atoms with E-state index in [1.165, 1.54) is 6.07 Å². The molecule has 1 nitrogen and oxygen atoms in total. The van der Waals surface area contributed by atoms with E-state index in [1.54, 1.807) is 23.9 Å². The van der Waals surface area contributed by atoms with Gasteiger partial charge in [-0.3, -0.25) is 0 Å². The van der Waals surface area contributed by atoms with E-state index in [9.17, 15) is 13.2 Å². The molecular formula is C13H16F3NS. The highest BCUT2D eigenvalue weighted by Crippen LogP contribution is 2.36. The van der Waals surface area contributed by atoms with Crippen molar-refractivity contribution >= 4 is 11.8 Å². The zero-order chi connectivity index (χ0) is 13.2. The molecule has 1 N–H and O–H groups in total. The summed E-state index contributed by atoms with van der Waals surface area (Å²) in [6.45, 7) is 2.02. The summed E-state index contributed by atoms with van der Waals surface area (Å²) in [7, 11) is 0. The monoisotopic (exact) mass is 275 g/mol. The molecule has 1 aromatic carbocycles. The quantitative estimate of drug-likeness (QED) is 0.835. The second kappa shape index (κ2) is 5.53. The number of alkyl halides is 3. The zero-order valence-corrected chi connectivity index (χ0v) is 10.9. The van der Waals surface area contributed by atoms with Crippen LogP contribution >= 0.6 is 11.8 Å². The van der Waals surface area contributed by atoms with Crippen molar-refractivity contribution in [2.45, 2.75) is 31.6 Å². The number of thioether (sulfide) groups is 1. The molecule has 1 saturated heterocycles. The third kappa shape index (κ3) is 3.20. The molecule has 100 valence electrons. The number of nitrogens with one attached hydrogen (secondary N) is 1. The molecule has 0 spiro atoms. The van der Waals surface area contributed by atoms with E-state index >= 15 is 0 Å². The zero-order valence-electron chi connectivity index (χ0n) is 10.1. The van der Waals surface area contributed by atoms with Crippen LogP contribution in [0.4, 0.5) is 13.2 Å². The molecule has 0 radical (unpaired) electrons. The number of hydrogen-bond acceptors (Lipinski definition) is 2. The predicted octanol–water partition coefficient (Wildman–Crippen LogP) is 3.86. The van der Waals surface area contributed by atoms with Gasteiger partial charge < -0.3 is 5.32 Å². The first-order valence-electron chi connectivity index (χ1n) is 5.98. The highest BCUT2D eigenvalue weighted by Gasteiger charge is 2.35. The maximum Gasteiger partial charge on any atom is 0.416 e. The first kappa shape index (κ1) is 13.7. The Kier molecular flexibility index (Phi) is 4.22. The SMILES string of the molecule is CC1CCSCC(c2ccccc2C(F)(F)F)N1. The molecule has 1 aliphatic heterocycles. The van der Waals surface area contributed by atoms with Crippen LogP contribution in [-0.2, 0) is 6.18 Å². The minimum atomic E-state index is -4.28. The topological polar surface area (TPSA) is 12.0 Å². The molecule has 1 fully saturated rings. The van der Waals surface area contributed by atoms with Gasteiger partial charge in [-0.2, -0.15) is 24.9 Å². The lowest BCUT2D eigenvalue weighted by Gasteiger charge is -2.23. The minimum absolute atomic E-state index is 0.217. The summed E-state index contributed by atoms with van der Waals surface area (Å²) in [5.74, 6) is 1.69. The largest absolute Gasteiger partial charge is 0.416 e. The fraction of sp³-hybridized carbons (Fsp3) is 0.538. The van der Waals surface area contributed by atoms with Gasteiger partial charge in [-0.05, 0) is 30.7 Å². The van der Waals surface area contributed by atoms with Crippen molar-refractivity contribution in [3.05, 3.63) is 35.4 Å². The van der Waals surface area contributed by atoms with Gasteiger partial charge in [0, 0.05) is 17.8 Å². The van der Waals surface area contributed by atoms with Gasteiger partial charge in [0.25, 0.3) is 0 Å². The predicted molar refractivity (Wildman–Crippen MR) is 68.7 cm³/mol. The van der Waals surface area contributed by atoms with E-state index in [0.717, 1.165) is 18.2 Å². The second-order valence-corrected chi connectivity index (χ2v) is 5.72. The first-order chi connectivity index (χ1) is 8.48. The van der Waals surface area contributed by atoms with Crippen LogP contribution in [-0.4, -0.2) is 17.5 Å². The third-order valence-corrected chi connectivity index (χ3v) is 4.20. The van der Waals surface area contributed by atoms with Crippen molar-refractivity contribution in [1.82, 2.24) is 5.32 Å². The molecule has 5 heteroatoms. The number of hydrogen-bond donors (Lipinski definition) is 1. The van der Waals surface area contributed by atoms with Gasteiger partial charge >= 0.3 is 6.18 Å². The van der Waals surface area contributed by atoms with Crippen LogP contribution in [0.3, 0.4) is 0 Å². The Morgan fingerprint density at radius 2 is 2.00 bits per heavy atom. The Morgan fingerprint density at radius 3 is 2.72 bits per heavy atom. The molecular weight excluding hydrogens is 259 g/mol. The summed E-state index contributed by atoms with van der Waals surface area (Å²) in [4.78, 5) is 0. The Balaban J connectivity index is 2.32. The summed E-state index contributed by atoms with van der Waals surface area (Å²) in [6, 6.07) is 5.90. The fourth-order valence-corrected chi connectivity index (χ4v) is 3.37. The van der Waals surface area contributed by atoms with Gasteiger partial charge in [0.05, 0.1) is 5.56 Å². The lowest BCUT2D eigenvalue weighted by Crippen LogP contribution is -2.31. The van der Waals surface area contributed by atoms with E-state index in [1.807, 2.05) is 6.92 Å². The fourth-order valence-electron chi connectivity index (χ4n) is 2.17. The summed E-state index contributed by atoms with van der Waals surface area (Å²) in [5, 5.41) is 3.29. The average Bonchev–Trinajstić information content (AvgIpc) is 2.53. The third-order valence-electron chi connectivity index (χ3n) is 3.11. The minimum Gasteiger partial charge on any atom is -0.307 e. The molecule has 0 amide bonds. The van der Waals surface area contributed by atoms with Crippen LogP contribution in [0.1, 0.15) is 30.5 Å². The smallest absolute Gasteiger partial charge is 0.307 e. The normalized spacial score (nSPS) is 25.8. The lowest BCUT2D eigenvalue weighted by molar-refractivity contribution is -0.138. The van der Waals surface area contributed by atoms with Gasteiger partial charge in [-0.15, -0.1) is 0 Å². The summed E-state index contributed by atoms with van der Waals surface area (Å²) < 4.78 is 38.9. The van der Waals surface area contributed by atoms with E-state index in [-0.39, 0.29) is 12.1 Å². The van der Waals surface area contributed by atoms with Crippen molar-refractivity contribution < 1.29 is 13.2 Å². The number of benzene rings is 1. The number of halogens is 3. The van der Waals surface area contributed by atoms with Crippen LogP contribution in [0.2, 0.25) is 0 Å². The molecule has 18 heavy (non-hydrogen) atoms. The van der Waals surface area contributed by atoms with Crippen LogP contribution in [0.15, 0.2) is 24.3 Å². The highest BCUT2D eigenvalue weighted by molar-refractivity contribution is 7.99. The first-order valence-corrected chi connectivity index (χ1v) is 7.14. The van der Waals surface area contributed by atoms with E-state index in [0.29, 0.717) is 11.3 Å². The summed E-state index contributed by atoms with van der Waals surface area (Å²) in [6.07, 6.45) is -3.28. The van der Waals surface area contributed by atoms with Crippen LogP contribution in [0.25, 0.3) is 0 Å². The Morgan fingerprint density at radius 1 is 1.28 bits per heavy atom. The summed E-state index contributed by atoms with van der Waals surface area (Å²) in [5.41, 5.74) is -0.150. The Labute approximate surface area is 109 Å². The molecule has 0 saturated carbocycles. The molecule has 1 heterocycles. The summed E-state index contributed by atoms with van der Waals surface area (Å²) >= 11 is 1.71. The van der Waals surface area contributed by atoms with Crippen molar-refractivity contribution in [1.29, 1.82) is 0 Å². The molecule has 2 rings (SSSR count). The average molecular weight is 275 g/mol. The standard InChI is InChI=1S/C13H16F3NS/c1-9-6-7-18-8-12(17-9)10-4-2-3-5-11(10)13(14,15)16/h2-5,9,12,17H,6-8H2,1H3. The van der Waals surface area contributed by atoms with Gasteiger partial charge in [0.2, 0.25) is 0 Å². The van der Waals surface area contributed by atoms with Crippen molar-refractivity contribution in [2.24, 2.45) is 0 Å². The molecule has 0 bridgehead atoms. The highest BCUT2D eigenvalue weighted by atomic mass is 32.2.